The van der Waals surface area contributed by atoms with E-state index < -0.39 is 0 Å². The van der Waals surface area contributed by atoms with Crippen LogP contribution in [0.5, 0.6) is 11.5 Å². The smallest absolute Gasteiger partial charge is 0.131 e. The van der Waals surface area contributed by atoms with Crippen LogP contribution in [0.3, 0.4) is 0 Å². The van der Waals surface area contributed by atoms with Crippen molar-refractivity contribution in [2.24, 2.45) is 0 Å². The minimum Gasteiger partial charge on any atom is -0.508 e. The van der Waals surface area contributed by atoms with Gasteiger partial charge in [-0.25, -0.2) is 9.97 Å². The van der Waals surface area contributed by atoms with E-state index in [-0.39, 0.29) is 11.5 Å². The van der Waals surface area contributed by atoms with Gasteiger partial charge in [0.15, 0.2) is 0 Å². The lowest BCUT2D eigenvalue weighted by molar-refractivity contribution is 0.238. The SMILES string of the molecule is Cc1cc(O)cc(O)c1CN1CCc2nc(C3CCCCC3)ncc2C1. The molecule has 0 unspecified atom stereocenters. The van der Waals surface area contributed by atoms with Crippen LogP contribution in [0.4, 0.5) is 0 Å². The normalized spacial score (nSPS) is 18.7. The molecule has 0 atom stereocenters. The molecule has 5 heteroatoms. The Labute approximate surface area is 154 Å². The largest absolute Gasteiger partial charge is 0.508 e. The average Bonchev–Trinajstić information content (AvgIpc) is 2.65. The number of phenolic OH excluding ortho intramolecular Hbond substituents is 2. The first-order chi connectivity index (χ1) is 12.6. The Morgan fingerprint density at radius 3 is 2.73 bits per heavy atom. The molecule has 26 heavy (non-hydrogen) atoms. The summed E-state index contributed by atoms with van der Waals surface area (Å²) in [4.78, 5) is 11.9. The van der Waals surface area contributed by atoms with E-state index in [4.69, 9.17) is 4.98 Å². The van der Waals surface area contributed by atoms with Gasteiger partial charge in [0.25, 0.3) is 0 Å². The molecule has 2 aliphatic rings. The minimum atomic E-state index is 0.108. The Morgan fingerprint density at radius 1 is 1.15 bits per heavy atom. The van der Waals surface area contributed by atoms with Crippen molar-refractivity contribution in [2.75, 3.05) is 6.54 Å². The van der Waals surface area contributed by atoms with Crippen molar-refractivity contribution in [3.05, 3.63) is 46.5 Å². The Morgan fingerprint density at radius 2 is 1.96 bits per heavy atom. The van der Waals surface area contributed by atoms with Crippen molar-refractivity contribution >= 4 is 0 Å². The molecule has 4 rings (SSSR count). The molecule has 1 aliphatic carbocycles. The molecule has 1 saturated carbocycles. The van der Waals surface area contributed by atoms with Crippen LogP contribution >= 0.6 is 0 Å². The summed E-state index contributed by atoms with van der Waals surface area (Å²) in [6.45, 7) is 4.32. The third kappa shape index (κ3) is 3.54. The first-order valence-electron chi connectivity index (χ1n) is 9.68. The summed E-state index contributed by atoms with van der Waals surface area (Å²) in [5.74, 6) is 1.86. The number of fused-ring (bicyclic) bond motifs is 1. The zero-order valence-corrected chi connectivity index (χ0v) is 15.4. The summed E-state index contributed by atoms with van der Waals surface area (Å²) in [6, 6.07) is 3.12. The van der Waals surface area contributed by atoms with Crippen molar-refractivity contribution < 1.29 is 10.2 Å². The number of phenols is 2. The molecule has 1 aromatic carbocycles. The van der Waals surface area contributed by atoms with Crippen LogP contribution in [0, 0.1) is 6.92 Å². The van der Waals surface area contributed by atoms with E-state index in [2.05, 4.69) is 9.88 Å². The number of hydrogen-bond acceptors (Lipinski definition) is 5. The predicted octanol–water partition coefficient (Wildman–Crippen LogP) is 3.80. The Kier molecular flexibility index (Phi) is 4.81. The lowest BCUT2D eigenvalue weighted by Crippen LogP contribution is -2.31. The van der Waals surface area contributed by atoms with Crippen LogP contribution < -0.4 is 0 Å². The van der Waals surface area contributed by atoms with E-state index in [1.165, 1.54) is 49.4 Å². The number of nitrogens with zero attached hydrogens (tertiary/aromatic N) is 3. The monoisotopic (exact) mass is 353 g/mol. The lowest BCUT2D eigenvalue weighted by Gasteiger charge is -2.29. The zero-order chi connectivity index (χ0) is 18.1. The number of benzene rings is 1. The highest BCUT2D eigenvalue weighted by atomic mass is 16.3. The van der Waals surface area contributed by atoms with Crippen LogP contribution in [0.1, 0.15) is 66.2 Å². The summed E-state index contributed by atoms with van der Waals surface area (Å²) in [5.41, 5.74) is 4.19. The summed E-state index contributed by atoms with van der Waals surface area (Å²) in [7, 11) is 0. The maximum Gasteiger partial charge on any atom is 0.131 e. The van der Waals surface area contributed by atoms with E-state index in [0.717, 1.165) is 36.5 Å². The summed E-state index contributed by atoms with van der Waals surface area (Å²) in [5, 5.41) is 19.8. The van der Waals surface area contributed by atoms with E-state index >= 15 is 0 Å². The van der Waals surface area contributed by atoms with E-state index in [1.54, 1.807) is 6.07 Å². The van der Waals surface area contributed by atoms with Crippen molar-refractivity contribution in [1.29, 1.82) is 0 Å². The van der Waals surface area contributed by atoms with Crippen molar-refractivity contribution in [2.45, 2.75) is 64.5 Å². The van der Waals surface area contributed by atoms with Gasteiger partial charge in [0.2, 0.25) is 0 Å². The van der Waals surface area contributed by atoms with Gasteiger partial charge < -0.3 is 10.2 Å². The molecular formula is C21H27N3O2. The molecule has 2 N–H and O–H groups in total. The van der Waals surface area contributed by atoms with Gasteiger partial charge in [-0.05, 0) is 31.4 Å². The van der Waals surface area contributed by atoms with Crippen molar-refractivity contribution in [1.82, 2.24) is 14.9 Å². The van der Waals surface area contributed by atoms with Crippen molar-refractivity contribution in [3.8, 4) is 11.5 Å². The van der Waals surface area contributed by atoms with E-state index in [9.17, 15) is 10.2 Å². The van der Waals surface area contributed by atoms with E-state index in [1.807, 2.05) is 13.1 Å². The lowest BCUT2D eigenvalue weighted by atomic mass is 9.88. The van der Waals surface area contributed by atoms with Crippen molar-refractivity contribution in [3.63, 3.8) is 0 Å². The molecular weight excluding hydrogens is 326 g/mol. The number of aromatic nitrogens is 2. The molecule has 0 amide bonds. The molecule has 0 spiro atoms. The maximum absolute atomic E-state index is 10.2. The summed E-state index contributed by atoms with van der Waals surface area (Å²) in [6.07, 6.45) is 9.34. The van der Waals surface area contributed by atoms with Gasteiger partial charge in [0, 0.05) is 61.1 Å². The Hall–Kier alpha value is -2.14. The van der Waals surface area contributed by atoms with Gasteiger partial charge in [-0.2, -0.15) is 0 Å². The maximum atomic E-state index is 10.2. The highest BCUT2D eigenvalue weighted by Gasteiger charge is 2.23. The Balaban J connectivity index is 1.48. The zero-order valence-electron chi connectivity index (χ0n) is 15.4. The molecule has 5 nitrogen and oxygen atoms in total. The fraction of sp³-hybridized carbons (Fsp3) is 0.524. The molecule has 0 bridgehead atoms. The van der Waals surface area contributed by atoms with Gasteiger partial charge in [-0.1, -0.05) is 19.3 Å². The number of aryl methyl sites for hydroxylation is 1. The van der Waals surface area contributed by atoms with Crippen LogP contribution in [-0.2, 0) is 19.5 Å². The number of aromatic hydroxyl groups is 2. The third-order valence-electron chi connectivity index (χ3n) is 5.82. The molecule has 0 saturated heterocycles. The average molecular weight is 353 g/mol. The highest BCUT2D eigenvalue weighted by Crippen LogP contribution is 2.32. The molecule has 1 fully saturated rings. The highest BCUT2D eigenvalue weighted by molar-refractivity contribution is 5.44. The van der Waals surface area contributed by atoms with Gasteiger partial charge in [-0.15, -0.1) is 0 Å². The topological polar surface area (TPSA) is 69.5 Å². The van der Waals surface area contributed by atoms with Crippen LogP contribution in [-0.4, -0.2) is 31.6 Å². The first-order valence-corrected chi connectivity index (χ1v) is 9.68. The summed E-state index contributed by atoms with van der Waals surface area (Å²) < 4.78 is 0. The molecule has 2 heterocycles. The predicted molar refractivity (Wildman–Crippen MR) is 100 cm³/mol. The molecule has 1 aromatic heterocycles. The molecule has 0 radical (unpaired) electrons. The second-order valence-corrected chi connectivity index (χ2v) is 7.76. The van der Waals surface area contributed by atoms with Gasteiger partial charge in [-0.3, -0.25) is 4.90 Å². The standard InChI is InChI=1S/C21H27N3O2/c1-14-9-17(25)10-20(26)18(14)13-24-8-7-19-16(12-24)11-22-21(23-19)15-5-3-2-4-6-15/h9-11,15,25-26H,2-8,12-13H2,1H3. The Bertz CT molecular complexity index is 777. The molecule has 138 valence electrons. The fourth-order valence-electron chi connectivity index (χ4n) is 4.29. The summed E-state index contributed by atoms with van der Waals surface area (Å²) >= 11 is 0. The third-order valence-corrected chi connectivity index (χ3v) is 5.82. The molecule has 2 aromatic rings. The van der Waals surface area contributed by atoms with Gasteiger partial charge >= 0.3 is 0 Å². The minimum absolute atomic E-state index is 0.108. The quantitative estimate of drug-likeness (QED) is 0.878. The van der Waals surface area contributed by atoms with Crippen LogP contribution in [0.25, 0.3) is 0 Å². The number of hydrogen-bond donors (Lipinski definition) is 2. The van der Waals surface area contributed by atoms with E-state index in [0.29, 0.717) is 12.5 Å². The molecule has 1 aliphatic heterocycles. The number of rotatable bonds is 3. The second kappa shape index (κ2) is 7.23. The van der Waals surface area contributed by atoms with Gasteiger partial charge in [0.1, 0.15) is 17.3 Å². The van der Waals surface area contributed by atoms with Crippen LogP contribution in [0.2, 0.25) is 0 Å². The first kappa shape index (κ1) is 17.3. The fourth-order valence-corrected chi connectivity index (χ4v) is 4.29. The second-order valence-electron chi connectivity index (χ2n) is 7.76. The van der Waals surface area contributed by atoms with Crippen LogP contribution in [0.15, 0.2) is 18.3 Å². The van der Waals surface area contributed by atoms with Gasteiger partial charge in [0.05, 0.1) is 0 Å².